The minimum absolute atomic E-state index is 0.208. The Labute approximate surface area is 157 Å². The number of fused-ring (bicyclic) bond motifs is 1. The maximum absolute atomic E-state index is 13.5. The number of oxazole rings is 1. The molecule has 8 heteroatoms. The second kappa shape index (κ2) is 6.69. The van der Waals surface area contributed by atoms with E-state index in [0.717, 1.165) is 6.07 Å². The van der Waals surface area contributed by atoms with E-state index in [1.54, 1.807) is 24.4 Å². The number of carbonyl (C=O) groups is 1. The van der Waals surface area contributed by atoms with Crippen LogP contribution in [0.25, 0.3) is 22.4 Å². The van der Waals surface area contributed by atoms with Crippen LogP contribution in [0.5, 0.6) is 0 Å². The minimum atomic E-state index is -1.26. The third kappa shape index (κ3) is 3.20. The number of hydrogen-bond donors (Lipinski definition) is 2. The summed E-state index contributed by atoms with van der Waals surface area (Å²) in [6, 6.07) is 8.62. The zero-order chi connectivity index (χ0) is 19.0. The van der Waals surface area contributed by atoms with Crippen LogP contribution < -0.4 is 5.32 Å². The van der Waals surface area contributed by atoms with Crippen molar-refractivity contribution in [2.75, 3.05) is 5.32 Å². The molecule has 4 rings (SSSR count). The second-order valence-corrected chi connectivity index (χ2v) is 6.10. The summed E-state index contributed by atoms with van der Waals surface area (Å²) in [4.78, 5) is 20.0. The number of rotatable bonds is 4. The van der Waals surface area contributed by atoms with Crippen LogP contribution in [0.2, 0.25) is 5.02 Å². The van der Waals surface area contributed by atoms with Gasteiger partial charge in [0.25, 0.3) is 0 Å². The number of carboxylic acids is 1. The van der Waals surface area contributed by atoms with E-state index < -0.39 is 11.8 Å². The molecule has 0 radical (unpaired) electrons. The van der Waals surface area contributed by atoms with E-state index in [0.29, 0.717) is 33.1 Å². The Hall–Kier alpha value is -3.45. The van der Waals surface area contributed by atoms with Gasteiger partial charge in [0.2, 0.25) is 5.89 Å². The number of hydrogen-bond acceptors (Lipinski definition) is 5. The van der Waals surface area contributed by atoms with Crippen LogP contribution in [0.4, 0.5) is 15.8 Å². The van der Waals surface area contributed by atoms with Crippen LogP contribution in [0, 0.1) is 5.82 Å². The second-order valence-electron chi connectivity index (χ2n) is 5.67. The smallest absolute Gasteiger partial charge is 0.337 e. The highest BCUT2D eigenvalue weighted by Crippen LogP contribution is 2.37. The van der Waals surface area contributed by atoms with Crippen LogP contribution in [0.3, 0.4) is 0 Å². The standard InChI is InChI=1S/C19H11ClFN3O3/c20-10-1-3-15-12(7-10)17(14(9-23-15)18-22-5-6-27-18)24-16-4-2-11(21)8-13(16)19(25)26/h1-9H,(H,23,24)(H,25,26). The number of aromatic carboxylic acids is 1. The van der Waals surface area contributed by atoms with Crippen molar-refractivity contribution in [1.29, 1.82) is 0 Å². The molecule has 27 heavy (non-hydrogen) atoms. The molecule has 0 unspecified atom stereocenters. The Morgan fingerprint density at radius 1 is 1.19 bits per heavy atom. The molecule has 0 aliphatic carbocycles. The van der Waals surface area contributed by atoms with Crippen molar-refractivity contribution in [3.63, 3.8) is 0 Å². The van der Waals surface area contributed by atoms with Gasteiger partial charge in [-0.25, -0.2) is 14.2 Å². The van der Waals surface area contributed by atoms with Gasteiger partial charge < -0.3 is 14.8 Å². The van der Waals surface area contributed by atoms with E-state index >= 15 is 0 Å². The molecule has 0 bridgehead atoms. The summed E-state index contributed by atoms with van der Waals surface area (Å²) in [5.74, 6) is -1.61. The van der Waals surface area contributed by atoms with E-state index in [2.05, 4.69) is 15.3 Å². The predicted octanol–water partition coefficient (Wildman–Crippen LogP) is 5.12. The van der Waals surface area contributed by atoms with Gasteiger partial charge in [0.1, 0.15) is 12.1 Å². The third-order valence-electron chi connectivity index (χ3n) is 3.96. The van der Waals surface area contributed by atoms with Crippen LogP contribution in [-0.2, 0) is 0 Å². The summed E-state index contributed by atoms with van der Waals surface area (Å²) in [7, 11) is 0. The van der Waals surface area contributed by atoms with Crippen LogP contribution in [-0.4, -0.2) is 21.0 Å². The first-order valence-electron chi connectivity index (χ1n) is 7.81. The first kappa shape index (κ1) is 17.0. The summed E-state index contributed by atoms with van der Waals surface area (Å²) in [6.07, 6.45) is 4.47. The van der Waals surface area contributed by atoms with Crippen LogP contribution in [0.15, 0.2) is 59.5 Å². The molecular weight excluding hydrogens is 373 g/mol. The predicted molar refractivity (Wildman–Crippen MR) is 98.9 cm³/mol. The van der Waals surface area contributed by atoms with Gasteiger partial charge in [0.15, 0.2) is 0 Å². The van der Waals surface area contributed by atoms with Crippen molar-refractivity contribution in [2.45, 2.75) is 0 Å². The summed E-state index contributed by atoms with van der Waals surface area (Å²) >= 11 is 6.14. The molecule has 0 atom stereocenters. The fraction of sp³-hybridized carbons (Fsp3) is 0. The average Bonchev–Trinajstić information content (AvgIpc) is 3.17. The van der Waals surface area contributed by atoms with Crippen molar-refractivity contribution in [2.24, 2.45) is 0 Å². The fourth-order valence-corrected chi connectivity index (χ4v) is 2.93. The first-order chi connectivity index (χ1) is 13.0. The Morgan fingerprint density at radius 3 is 2.78 bits per heavy atom. The molecule has 2 aromatic carbocycles. The van der Waals surface area contributed by atoms with E-state index in [-0.39, 0.29) is 11.3 Å². The maximum Gasteiger partial charge on any atom is 0.337 e. The molecule has 4 aromatic rings. The van der Waals surface area contributed by atoms with Gasteiger partial charge in [-0.3, -0.25) is 4.98 Å². The summed E-state index contributed by atoms with van der Waals surface area (Å²) in [5.41, 5.74) is 1.65. The van der Waals surface area contributed by atoms with Crippen LogP contribution in [0.1, 0.15) is 10.4 Å². The zero-order valence-electron chi connectivity index (χ0n) is 13.6. The highest BCUT2D eigenvalue weighted by molar-refractivity contribution is 6.31. The number of anilines is 2. The number of nitrogens with one attached hydrogen (secondary N) is 1. The Bertz CT molecular complexity index is 1160. The Balaban J connectivity index is 1.96. The molecule has 0 fully saturated rings. The summed E-state index contributed by atoms with van der Waals surface area (Å²) < 4.78 is 18.9. The monoisotopic (exact) mass is 383 g/mol. The number of aromatic nitrogens is 2. The lowest BCUT2D eigenvalue weighted by Gasteiger charge is -2.15. The van der Waals surface area contributed by atoms with Gasteiger partial charge >= 0.3 is 5.97 Å². The van der Waals surface area contributed by atoms with E-state index in [4.69, 9.17) is 16.0 Å². The maximum atomic E-state index is 13.5. The van der Waals surface area contributed by atoms with Crippen molar-refractivity contribution < 1.29 is 18.7 Å². The number of nitrogens with zero attached hydrogens (tertiary/aromatic N) is 2. The first-order valence-corrected chi connectivity index (χ1v) is 8.19. The SMILES string of the molecule is O=C(O)c1cc(F)ccc1Nc1c(-c2ncco2)cnc2ccc(Cl)cc12. The van der Waals surface area contributed by atoms with Gasteiger partial charge in [0.05, 0.1) is 34.2 Å². The normalized spacial score (nSPS) is 10.9. The molecule has 0 saturated carbocycles. The van der Waals surface area contributed by atoms with Gasteiger partial charge in [0, 0.05) is 16.6 Å². The van der Waals surface area contributed by atoms with Crippen molar-refractivity contribution in [3.8, 4) is 11.5 Å². The molecular formula is C19H11ClFN3O3. The molecule has 0 spiro atoms. The van der Waals surface area contributed by atoms with Crippen LogP contribution >= 0.6 is 11.6 Å². The quantitative estimate of drug-likeness (QED) is 0.508. The lowest BCUT2D eigenvalue weighted by atomic mass is 10.1. The van der Waals surface area contributed by atoms with Crippen molar-refractivity contribution in [3.05, 3.63) is 71.5 Å². The lowest BCUT2D eigenvalue weighted by Crippen LogP contribution is -2.05. The molecule has 134 valence electrons. The molecule has 0 amide bonds. The minimum Gasteiger partial charge on any atom is -0.478 e. The molecule has 0 aliphatic heterocycles. The van der Waals surface area contributed by atoms with E-state index in [9.17, 15) is 14.3 Å². The van der Waals surface area contributed by atoms with Gasteiger partial charge in [-0.15, -0.1) is 0 Å². The Kier molecular flexibility index (Phi) is 4.21. The number of pyridine rings is 1. The molecule has 0 aliphatic rings. The summed E-state index contributed by atoms with van der Waals surface area (Å²) in [5, 5.41) is 13.6. The van der Waals surface area contributed by atoms with Gasteiger partial charge in [-0.1, -0.05) is 11.6 Å². The highest BCUT2D eigenvalue weighted by atomic mass is 35.5. The highest BCUT2D eigenvalue weighted by Gasteiger charge is 2.18. The Morgan fingerprint density at radius 2 is 2.04 bits per heavy atom. The summed E-state index contributed by atoms with van der Waals surface area (Å²) in [6.45, 7) is 0. The molecule has 2 aromatic heterocycles. The lowest BCUT2D eigenvalue weighted by molar-refractivity contribution is 0.0697. The average molecular weight is 384 g/mol. The molecule has 0 saturated heterocycles. The number of benzene rings is 2. The molecule has 2 heterocycles. The number of halogens is 2. The van der Waals surface area contributed by atoms with E-state index in [1.807, 2.05) is 0 Å². The van der Waals surface area contributed by atoms with Crippen molar-refractivity contribution >= 4 is 39.8 Å². The van der Waals surface area contributed by atoms with E-state index in [1.165, 1.54) is 24.6 Å². The fourth-order valence-electron chi connectivity index (χ4n) is 2.76. The number of carboxylic acid groups (broad SMARTS) is 1. The third-order valence-corrected chi connectivity index (χ3v) is 4.20. The van der Waals surface area contributed by atoms with Gasteiger partial charge in [-0.05, 0) is 36.4 Å². The largest absolute Gasteiger partial charge is 0.478 e. The van der Waals surface area contributed by atoms with Crippen molar-refractivity contribution in [1.82, 2.24) is 9.97 Å². The molecule has 2 N–H and O–H groups in total. The zero-order valence-corrected chi connectivity index (χ0v) is 14.4. The topological polar surface area (TPSA) is 88.2 Å². The molecule has 6 nitrogen and oxygen atoms in total. The van der Waals surface area contributed by atoms with Gasteiger partial charge in [-0.2, -0.15) is 0 Å².